The summed E-state index contributed by atoms with van der Waals surface area (Å²) < 4.78 is 4.87. The Balaban J connectivity index is 2.64. The number of carbonyl (C=O) groups is 2. The predicted molar refractivity (Wildman–Crippen MR) is 72.4 cm³/mol. The van der Waals surface area contributed by atoms with E-state index in [-0.39, 0.29) is 5.12 Å². The highest BCUT2D eigenvalue weighted by molar-refractivity contribution is 8.13. The number of rotatable bonds is 5. The fraction of sp³-hybridized carbons (Fsp3) is 0.308. The highest BCUT2D eigenvalue weighted by atomic mass is 32.2. The molecule has 0 bridgehead atoms. The minimum absolute atomic E-state index is 0.0767. The monoisotopic (exact) mass is 265 g/mol. The maximum absolute atomic E-state index is 11.5. The van der Waals surface area contributed by atoms with E-state index in [0.717, 1.165) is 0 Å². The van der Waals surface area contributed by atoms with Crippen LogP contribution in [0.5, 0.6) is 0 Å². The van der Waals surface area contributed by atoms with Gasteiger partial charge in [0.2, 0.25) is 0 Å². The summed E-state index contributed by atoms with van der Waals surface area (Å²) in [6.07, 6.45) is 3.61. The van der Waals surface area contributed by atoms with Crippen molar-refractivity contribution < 1.29 is 14.3 Å². The Morgan fingerprint density at radius 2 is 2.22 bits per heavy atom. The number of carbonyl (C=O) groups excluding carboxylic acids is 2. The van der Waals surface area contributed by atoms with Crippen LogP contribution in [0.25, 0.3) is 6.08 Å². The van der Waals surface area contributed by atoms with Gasteiger partial charge in [-0.3, -0.25) is 4.79 Å². The van der Waals surface area contributed by atoms with Gasteiger partial charge in [-0.05, 0) is 25.1 Å². The number of thioether (sulfide) groups is 1. The lowest BCUT2D eigenvalue weighted by Gasteiger charge is -2.01. The zero-order chi connectivity index (χ0) is 13.4. The van der Waals surface area contributed by atoms with E-state index >= 15 is 0 Å². The van der Waals surface area contributed by atoms with E-state index in [4.69, 9.17) is 4.74 Å². The largest absolute Gasteiger partial charge is 0.461 e. The Labute approximate surface area is 110 Å². The Kier molecular flexibility index (Phi) is 6.14. The fourth-order valence-electron chi connectivity index (χ4n) is 1.20. The van der Waals surface area contributed by atoms with Crippen LogP contribution in [0.2, 0.25) is 0 Å². The number of hydrogen-bond acceptors (Lipinski definition) is 5. The fourth-order valence-corrected chi connectivity index (χ4v) is 1.62. The van der Waals surface area contributed by atoms with Gasteiger partial charge in [-0.2, -0.15) is 0 Å². The second kappa shape index (κ2) is 7.66. The van der Waals surface area contributed by atoms with Gasteiger partial charge in [0, 0.05) is 12.7 Å². The molecule has 96 valence electrons. The Morgan fingerprint density at radius 3 is 2.89 bits per heavy atom. The first-order valence-corrected chi connectivity index (χ1v) is 6.56. The molecular weight excluding hydrogens is 250 g/mol. The molecule has 1 heterocycles. The maximum Gasteiger partial charge on any atom is 0.356 e. The number of pyridine rings is 1. The van der Waals surface area contributed by atoms with Gasteiger partial charge >= 0.3 is 5.97 Å². The summed E-state index contributed by atoms with van der Waals surface area (Å²) in [6.45, 7) is 3.61. The lowest BCUT2D eigenvalue weighted by Crippen LogP contribution is -2.07. The molecule has 0 amide bonds. The molecule has 1 rings (SSSR count). The quantitative estimate of drug-likeness (QED) is 0.766. The molecule has 0 saturated heterocycles. The Morgan fingerprint density at radius 1 is 1.44 bits per heavy atom. The van der Waals surface area contributed by atoms with Gasteiger partial charge in [0.25, 0.3) is 0 Å². The van der Waals surface area contributed by atoms with Gasteiger partial charge in [0.1, 0.15) is 5.69 Å². The van der Waals surface area contributed by atoms with E-state index in [1.807, 2.05) is 6.08 Å². The van der Waals surface area contributed by atoms with Gasteiger partial charge in [-0.25, -0.2) is 9.78 Å². The first-order chi connectivity index (χ1) is 8.63. The molecule has 0 aliphatic rings. The summed E-state index contributed by atoms with van der Waals surface area (Å²) >= 11 is 1.22. The van der Waals surface area contributed by atoms with Crippen LogP contribution in [0.1, 0.15) is 30.0 Å². The molecule has 0 aliphatic carbocycles. The average Bonchev–Trinajstić information content (AvgIpc) is 2.35. The maximum atomic E-state index is 11.5. The molecule has 1 aromatic rings. The van der Waals surface area contributed by atoms with Crippen molar-refractivity contribution in [3.8, 4) is 0 Å². The molecule has 5 heteroatoms. The smallest absolute Gasteiger partial charge is 0.356 e. The summed E-state index contributed by atoms with van der Waals surface area (Å²) in [5, 5.41) is 0.0767. The molecule has 0 radical (unpaired) electrons. The summed E-state index contributed by atoms with van der Waals surface area (Å²) in [5.41, 5.74) is 0.961. The molecular formula is C13H15NO3S. The third-order valence-electron chi connectivity index (χ3n) is 1.93. The van der Waals surface area contributed by atoms with Crippen LogP contribution in [-0.4, -0.2) is 28.4 Å². The number of aromatic nitrogens is 1. The van der Waals surface area contributed by atoms with Crippen molar-refractivity contribution >= 4 is 28.9 Å². The van der Waals surface area contributed by atoms with E-state index in [1.54, 1.807) is 31.2 Å². The molecule has 0 fully saturated rings. The molecule has 0 N–H and O–H groups in total. The number of hydrogen-bond donors (Lipinski definition) is 0. The summed E-state index contributed by atoms with van der Waals surface area (Å²) in [7, 11) is 0. The zero-order valence-electron chi connectivity index (χ0n) is 10.4. The number of esters is 1. The summed E-state index contributed by atoms with van der Waals surface area (Å²) in [6, 6.07) is 5.15. The predicted octanol–water partition coefficient (Wildman–Crippen LogP) is 2.55. The van der Waals surface area contributed by atoms with Gasteiger partial charge in [0.05, 0.1) is 12.3 Å². The lowest BCUT2D eigenvalue weighted by molar-refractivity contribution is -0.109. The molecule has 0 saturated carbocycles. The third-order valence-corrected chi connectivity index (χ3v) is 2.69. The van der Waals surface area contributed by atoms with Crippen LogP contribution in [0, 0.1) is 0 Å². The molecule has 4 nitrogen and oxygen atoms in total. The highest BCUT2D eigenvalue weighted by Crippen LogP contribution is 2.06. The second-order valence-electron chi connectivity index (χ2n) is 3.37. The third kappa shape index (κ3) is 5.14. The molecule has 0 spiro atoms. The minimum Gasteiger partial charge on any atom is -0.461 e. The van der Waals surface area contributed by atoms with Crippen LogP contribution in [0.3, 0.4) is 0 Å². The second-order valence-corrected chi connectivity index (χ2v) is 4.57. The van der Waals surface area contributed by atoms with Gasteiger partial charge in [-0.1, -0.05) is 23.9 Å². The summed E-state index contributed by atoms with van der Waals surface area (Å²) in [5.74, 6) is 0.173. The normalized spacial score (nSPS) is 10.6. The first kappa shape index (κ1) is 14.4. The van der Waals surface area contributed by atoms with E-state index in [1.165, 1.54) is 18.7 Å². The van der Waals surface area contributed by atoms with Crippen LogP contribution < -0.4 is 0 Å². The summed E-state index contributed by atoms with van der Waals surface area (Å²) in [4.78, 5) is 26.3. The lowest BCUT2D eigenvalue weighted by atomic mass is 10.3. The Bertz CT molecular complexity index is 457. The standard InChI is InChI=1S/C13H15NO3S/c1-3-17-13(16)12-8-4-6-11(14-12)7-5-9-18-10(2)15/h4-8H,3,9H2,1-2H3. The van der Waals surface area contributed by atoms with Crippen molar-refractivity contribution in [1.29, 1.82) is 0 Å². The van der Waals surface area contributed by atoms with Crippen molar-refractivity contribution in [2.75, 3.05) is 12.4 Å². The topological polar surface area (TPSA) is 56.3 Å². The van der Waals surface area contributed by atoms with E-state index in [2.05, 4.69) is 4.98 Å². The van der Waals surface area contributed by atoms with Crippen LogP contribution in [-0.2, 0) is 9.53 Å². The molecule has 0 unspecified atom stereocenters. The van der Waals surface area contributed by atoms with E-state index in [0.29, 0.717) is 23.7 Å². The van der Waals surface area contributed by atoms with Crippen LogP contribution in [0.4, 0.5) is 0 Å². The zero-order valence-corrected chi connectivity index (χ0v) is 11.2. The average molecular weight is 265 g/mol. The highest BCUT2D eigenvalue weighted by Gasteiger charge is 2.07. The number of nitrogens with zero attached hydrogens (tertiary/aromatic N) is 1. The molecule has 0 atom stereocenters. The van der Waals surface area contributed by atoms with E-state index < -0.39 is 5.97 Å². The molecule has 1 aromatic heterocycles. The van der Waals surface area contributed by atoms with Crippen molar-refractivity contribution in [1.82, 2.24) is 4.98 Å². The van der Waals surface area contributed by atoms with Gasteiger partial charge in [-0.15, -0.1) is 0 Å². The van der Waals surface area contributed by atoms with Gasteiger partial charge in [0.15, 0.2) is 5.12 Å². The number of ether oxygens (including phenoxy) is 1. The van der Waals surface area contributed by atoms with Crippen LogP contribution >= 0.6 is 11.8 Å². The first-order valence-electron chi connectivity index (χ1n) is 5.57. The SMILES string of the molecule is CCOC(=O)c1cccc(C=CCSC(C)=O)n1. The molecule has 0 aliphatic heterocycles. The Hall–Kier alpha value is -1.62. The van der Waals surface area contributed by atoms with E-state index in [9.17, 15) is 9.59 Å². The molecule has 0 aromatic carbocycles. The van der Waals surface area contributed by atoms with Crippen LogP contribution in [0.15, 0.2) is 24.3 Å². The van der Waals surface area contributed by atoms with Crippen molar-refractivity contribution in [2.24, 2.45) is 0 Å². The van der Waals surface area contributed by atoms with Crippen molar-refractivity contribution in [2.45, 2.75) is 13.8 Å². The van der Waals surface area contributed by atoms with Gasteiger partial charge < -0.3 is 4.74 Å². The van der Waals surface area contributed by atoms with Crippen molar-refractivity contribution in [3.63, 3.8) is 0 Å². The van der Waals surface area contributed by atoms with Crippen molar-refractivity contribution in [3.05, 3.63) is 35.7 Å². The minimum atomic E-state index is -0.425. The molecule has 18 heavy (non-hydrogen) atoms.